The Bertz CT molecular complexity index is 1570. The number of nitrogens with zero attached hydrogens (tertiary/aromatic N) is 2. The predicted molar refractivity (Wildman–Crippen MR) is 176 cm³/mol. The van der Waals surface area contributed by atoms with E-state index in [0.717, 1.165) is 19.6 Å². The molecule has 264 valence electrons. The van der Waals surface area contributed by atoms with Gasteiger partial charge in [0.25, 0.3) is 12.2 Å². The Morgan fingerprint density at radius 1 is 0.898 bits per heavy atom. The number of esters is 3. The smallest absolute Gasteiger partial charge is 0.303 e. The molecule has 2 aliphatic rings. The summed E-state index contributed by atoms with van der Waals surface area (Å²) in [5.41, 5.74) is 2.32. The van der Waals surface area contributed by atoms with Gasteiger partial charge in [0.2, 0.25) is 5.91 Å². The number of benzene rings is 2. The SMILES string of the molecule is CC(=O)N[C@H]1[C@H](ON=C2C(=O)N(CCCOc3ccc(C(C)(C)C)cc3)c3ccccc32)O[C@H](COC(C)=O)[C@@H](OC(C)=O)[C@@H]1OC(C)=O. The number of anilines is 1. The number of oxime groups is 1. The van der Waals surface area contributed by atoms with E-state index in [-0.39, 0.29) is 11.1 Å². The molecule has 2 amide bonds. The van der Waals surface area contributed by atoms with Crippen molar-refractivity contribution < 1.29 is 52.5 Å². The van der Waals surface area contributed by atoms with Crippen molar-refractivity contribution in [3.8, 4) is 5.75 Å². The Labute approximate surface area is 285 Å². The van der Waals surface area contributed by atoms with Gasteiger partial charge in [0.15, 0.2) is 17.9 Å². The second-order valence-electron chi connectivity index (χ2n) is 12.7. The molecule has 2 heterocycles. The average molecular weight is 682 g/mol. The van der Waals surface area contributed by atoms with Crippen LogP contribution in [-0.4, -0.2) is 85.8 Å². The van der Waals surface area contributed by atoms with Crippen LogP contribution in [0.25, 0.3) is 0 Å². The van der Waals surface area contributed by atoms with Crippen molar-refractivity contribution in [1.82, 2.24) is 5.32 Å². The second-order valence-corrected chi connectivity index (χ2v) is 12.7. The highest BCUT2D eigenvalue weighted by molar-refractivity contribution is 6.54. The summed E-state index contributed by atoms with van der Waals surface area (Å²) in [5, 5.41) is 6.78. The number of fused-ring (bicyclic) bond motifs is 1. The molecule has 49 heavy (non-hydrogen) atoms. The lowest BCUT2D eigenvalue weighted by atomic mass is 9.87. The summed E-state index contributed by atoms with van der Waals surface area (Å²) in [6.07, 6.45) is -4.78. The van der Waals surface area contributed by atoms with E-state index in [9.17, 15) is 24.0 Å². The molecule has 2 aliphatic heterocycles. The maximum absolute atomic E-state index is 13.7. The Hall–Kier alpha value is -4.98. The van der Waals surface area contributed by atoms with Crippen molar-refractivity contribution >= 4 is 41.1 Å². The van der Waals surface area contributed by atoms with Crippen LogP contribution in [0.5, 0.6) is 5.75 Å². The Morgan fingerprint density at radius 3 is 2.16 bits per heavy atom. The summed E-state index contributed by atoms with van der Waals surface area (Å²) in [4.78, 5) is 69.1. The van der Waals surface area contributed by atoms with Crippen LogP contribution in [0.4, 0.5) is 5.69 Å². The molecule has 0 unspecified atom stereocenters. The van der Waals surface area contributed by atoms with Crippen LogP contribution in [-0.2, 0) is 53.2 Å². The lowest BCUT2D eigenvalue weighted by Crippen LogP contribution is -2.66. The average Bonchev–Trinajstić information content (AvgIpc) is 3.28. The number of para-hydroxylation sites is 1. The molecule has 2 aromatic carbocycles. The number of carbonyl (C=O) groups is 5. The van der Waals surface area contributed by atoms with E-state index in [1.54, 1.807) is 29.2 Å². The highest BCUT2D eigenvalue weighted by Gasteiger charge is 2.52. The molecular weight excluding hydrogens is 638 g/mol. The molecule has 1 saturated heterocycles. The van der Waals surface area contributed by atoms with Gasteiger partial charge >= 0.3 is 17.9 Å². The normalized spacial score (nSPS) is 22.6. The van der Waals surface area contributed by atoms with Gasteiger partial charge in [-0.2, -0.15) is 0 Å². The van der Waals surface area contributed by atoms with E-state index in [1.807, 2.05) is 24.3 Å². The highest BCUT2D eigenvalue weighted by atomic mass is 16.8. The highest BCUT2D eigenvalue weighted by Crippen LogP contribution is 2.32. The van der Waals surface area contributed by atoms with E-state index >= 15 is 0 Å². The summed E-state index contributed by atoms with van der Waals surface area (Å²) < 4.78 is 27.9. The van der Waals surface area contributed by atoms with E-state index in [2.05, 4.69) is 31.2 Å². The number of ether oxygens (including phenoxy) is 5. The summed E-state index contributed by atoms with van der Waals surface area (Å²) in [5.74, 6) is -2.39. The molecule has 14 nitrogen and oxygen atoms in total. The van der Waals surface area contributed by atoms with Crippen LogP contribution in [0.15, 0.2) is 53.7 Å². The fraction of sp³-hybridized carbons (Fsp3) is 0.486. The number of nitrogens with one attached hydrogen (secondary N) is 1. The monoisotopic (exact) mass is 681 g/mol. The first kappa shape index (κ1) is 36.8. The minimum absolute atomic E-state index is 0.0258. The summed E-state index contributed by atoms with van der Waals surface area (Å²) in [6, 6.07) is 13.7. The van der Waals surface area contributed by atoms with Crippen molar-refractivity contribution in [2.75, 3.05) is 24.7 Å². The van der Waals surface area contributed by atoms with Gasteiger partial charge in [0.1, 0.15) is 24.5 Å². The summed E-state index contributed by atoms with van der Waals surface area (Å²) in [6.45, 7) is 11.4. The van der Waals surface area contributed by atoms with Gasteiger partial charge in [-0.15, -0.1) is 0 Å². The van der Waals surface area contributed by atoms with Gasteiger partial charge in [0, 0.05) is 39.8 Å². The lowest BCUT2D eigenvalue weighted by molar-refractivity contribution is -0.278. The van der Waals surface area contributed by atoms with Crippen molar-refractivity contribution in [1.29, 1.82) is 0 Å². The molecule has 1 N–H and O–H groups in total. The van der Waals surface area contributed by atoms with Gasteiger partial charge in [-0.25, -0.2) is 0 Å². The summed E-state index contributed by atoms with van der Waals surface area (Å²) >= 11 is 0. The minimum atomic E-state index is -1.47. The van der Waals surface area contributed by atoms with Crippen LogP contribution in [0, 0.1) is 0 Å². The fourth-order valence-corrected chi connectivity index (χ4v) is 5.52. The molecule has 2 aromatic rings. The fourth-order valence-electron chi connectivity index (χ4n) is 5.52. The first-order valence-electron chi connectivity index (χ1n) is 15.9. The zero-order valence-electron chi connectivity index (χ0n) is 28.7. The molecule has 1 fully saturated rings. The molecule has 5 atom stereocenters. The molecular formula is C35H43N3O11. The van der Waals surface area contributed by atoms with Crippen molar-refractivity contribution in [3.05, 3.63) is 59.7 Å². The third kappa shape index (κ3) is 9.56. The molecule has 14 heteroatoms. The second kappa shape index (κ2) is 15.9. The molecule has 0 aliphatic carbocycles. The molecule has 4 rings (SSSR count). The van der Waals surface area contributed by atoms with Gasteiger partial charge in [-0.1, -0.05) is 56.3 Å². The van der Waals surface area contributed by atoms with Crippen LogP contribution in [0.3, 0.4) is 0 Å². The van der Waals surface area contributed by atoms with E-state index in [1.165, 1.54) is 19.4 Å². The standard InChI is InChI=1S/C35H43N3O11/c1-20(39)36-30-32(47-23(4)42)31(46-22(3)41)28(19-45-21(2)40)48-34(30)49-37-29-26-11-8-9-12-27(26)38(33(29)43)17-10-18-44-25-15-13-24(14-16-25)35(5,6)7/h8-9,11-16,28,30-32,34H,10,17-19H2,1-7H3,(H,36,39)/t28-,30-,31-,32-,34+/m1/s1. The van der Waals surface area contributed by atoms with Gasteiger partial charge in [0.05, 0.1) is 12.3 Å². The van der Waals surface area contributed by atoms with Gasteiger partial charge < -0.3 is 38.7 Å². The van der Waals surface area contributed by atoms with Crippen LogP contribution < -0.4 is 15.0 Å². The van der Waals surface area contributed by atoms with Gasteiger partial charge in [-0.3, -0.25) is 24.0 Å². The Kier molecular flexibility index (Phi) is 12.0. The first-order chi connectivity index (χ1) is 23.1. The maximum atomic E-state index is 13.7. The number of rotatable bonds is 12. The molecule has 0 bridgehead atoms. The lowest BCUT2D eigenvalue weighted by Gasteiger charge is -2.43. The number of hydrogen-bond donors (Lipinski definition) is 1. The molecule has 0 aromatic heterocycles. The third-order valence-electron chi connectivity index (χ3n) is 7.73. The van der Waals surface area contributed by atoms with E-state index in [0.29, 0.717) is 30.8 Å². The minimum Gasteiger partial charge on any atom is -0.494 e. The predicted octanol–water partition coefficient (Wildman–Crippen LogP) is 3.18. The maximum Gasteiger partial charge on any atom is 0.303 e. The zero-order valence-corrected chi connectivity index (χ0v) is 28.7. The van der Waals surface area contributed by atoms with E-state index in [4.69, 9.17) is 28.5 Å². The van der Waals surface area contributed by atoms with Crippen molar-refractivity contribution in [3.63, 3.8) is 0 Å². The van der Waals surface area contributed by atoms with Crippen LogP contribution in [0.2, 0.25) is 0 Å². The van der Waals surface area contributed by atoms with Crippen LogP contribution >= 0.6 is 0 Å². The Balaban J connectivity index is 1.54. The van der Waals surface area contributed by atoms with Crippen molar-refractivity contribution in [2.45, 2.75) is 90.9 Å². The molecule has 0 radical (unpaired) electrons. The van der Waals surface area contributed by atoms with Crippen molar-refractivity contribution in [2.24, 2.45) is 5.16 Å². The summed E-state index contributed by atoms with van der Waals surface area (Å²) in [7, 11) is 0. The first-order valence-corrected chi connectivity index (χ1v) is 15.9. The Morgan fingerprint density at radius 2 is 1.55 bits per heavy atom. The number of carbonyl (C=O) groups excluding carboxylic acids is 5. The zero-order chi connectivity index (χ0) is 35.9. The molecule has 0 saturated carbocycles. The third-order valence-corrected chi connectivity index (χ3v) is 7.73. The number of amides is 2. The van der Waals surface area contributed by atoms with E-state index < -0.39 is 67.0 Å². The quantitative estimate of drug-likeness (QED) is 0.151. The molecule has 0 spiro atoms. The topological polar surface area (TPSA) is 168 Å². The number of hydrogen-bond acceptors (Lipinski definition) is 12. The largest absolute Gasteiger partial charge is 0.494 e. The van der Waals surface area contributed by atoms with Crippen LogP contribution in [0.1, 0.15) is 66.0 Å². The van der Waals surface area contributed by atoms with Gasteiger partial charge in [-0.05, 0) is 35.6 Å².